The third-order valence-corrected chi connectivity index (χ3v) is 2.51. The Morgan fingerprint density at radius 3 is 3.06 bits per heavy atom. The van der Waals surface area contributed by atoms with Crippen molar-refractivity contribution in [2.45, 2.75) is 13.5 Å². The molecule has 5 nitrogen and oxygen atoms in total. The summed E-state index contributed by atoms with van der Waals surface area (Å²) in [4.78, 5) is 18.7. The van der Waals surface area contributed by atoms with Gasteiger partial charge in [-0.3, -0.25) is 4.79 Å². The Kier molecular flexibility index (Phi) is 3.51. The van der Waals surface area contributed by atoms with Gasteiger partial charge in [-0.05, 0) is 24.6 Å². The van der Waals surface area contributed by atoms with Gasteiger partial charge in [0.05, 0.1) is 17.5 Å². The summed E-state index contributed by atoms with van der Waals surface area (Å²) in [5, 5.41) is 12.3. The van der Waals surface area contributed by atoms with Crippen LogP contribution in [0.15, 0.2) is 23.0 Å². The molecule has 5 heteroatoms. The fourth-order valence-corrected chi connectivity index (χ4v) is 1.72. The third-order valence-electron chi connectivity index (χ3n) is 2.51. The molecule has 0 spiro atoms. The van der Waals surface area contributed by atoms with Gasteiger partial charge in [-0.1, -0.05) is 6.07 Å². The number of aromatic nitrogens is 2. The highest BCUT2D eigenvalue weighted by Crippen LogP contribution is 2.10. The fraction of sp³-hybridized carbons (Fsp3) is 0.333. The van der Waals surface area contributed by atoms with E-state index in [4.69, 9.17) is 5.11 Å². The average molecular weight is 233 g/mol. The van der Waals surface area contributed by atoms with Gasteiger partial charge in [-0.25, -0.2) is 4.98 Å². The second-order valence-electron chi connectivity index (χ2n) is 3.90. The molecule has 17 heavy (non-hydrogen) atoms. The lowest BCUT2D eigenvalue weighted by molar-refractivity contribution is 0.292. The first kappa shape index (κ1) is 11.8. The van der Waals surface area contributed by atoms with E-state index < -0.39 is 0 Å². The molecule has 1 heterocycles. The number of aliphatic hydroxyl groups excluding tert-OH is 1. The lowest BCUT2D eigenvalue weighted by atomic mass is 10.1. The van der Waals surface area contributed by atoms with E-state index >= 15 is 0 Å². The van der Waals surface area contributed by atoms with Crippen LogP contribution in [0.3, 0.4) is 0 Å². The summed E-state index contributed by atoms with van der Waals surface area (Å²) in [6.07, 6.45) is 0. The number of hydrogen-bond acceptors (Lipinski definition) is 4. The monoisotopic (exact) mass is 233 g/mol. The van der Waals surface area contributed by atoms with Crippen LogP contribution in [0, 0.1) is 6.92 Å². The second-order valence-corrected chi connectivity index (χ2v) is 3.90. The van der Waals surface area contributed by atoms with Gasteiger partial charge in [-0.15, -0.1) is 0 Å². The standard InChI is InChI=1S/C12H15N3O2/c1-8-14-11-3-2-9(7-13-4-5-16)6-10(11)12(17)15-8/h2-3,6,13,16H,4-5,7H2,1H3,(H,14,15,17). The summed E-state index contributed by atoms with van der Waals surface area (Å²) in [5.74, 6) is 0.619. The Bertz CT molecular complexity index is 577. The SMILES string of the molecule is Cc1nc2ccc(CNCCO)cc2c(=O)[nH]1. The van der Waals surface area contributed by atoms with E-state index in [0.717, 1.165) is 5.56 Å². The van der Waals surface area contributed by atoms with Gasteiger partial charge in [0.2, 0.25) is 0 Å². The topological polar surface area (TPSA) is 78.0 Å². The first-order valence-electron chi connectivity index (χ1n) is 5.52. The molecule has 0 unspecified atom stereocenters. The molecule has 1 aromatic carbocycles. The number of aryl methyl sites for hydroxylation is 1. The predicted octanol–water partition coefficient (Wildman–Crippen LogP) is 0.313. The molecule has 1 aromatic heterocycles. The van der Waals surface area contributed by atoms with E-state index in [1.165, 1.54) is 0 Å². The maximum absolute atomic E-state index is 11.7. The van der Waals surface area contributed by atoms with Crippen molar-refractivity contribution in [1.29, 1.82) is 0 Å². The molecule has 0 fully saturated rings. The van der Waals surface area contributed by atoms with Crippen LogP contribution in [0.5, 0.6) is 0 Å². The average Bonchev–Trinajstić information content (AvgIpc) is 2.30. The van der Waals surface area contributed by atoms with Crippen molar-refractivity contribution in [3.63, 3.8) is 0 Å². The largest absolute Gasteiger partial charge is 0.395 e. The first-order valence-corrected chi connectivity index (χ1v) is 5.52. The Labute approximate surface area is 98.5 Å². The molecule has 0 aliphatic carbocycles. The van der Waals surface area contributed by atoms with Crippen molar-refractivity contribution in [2.24, 2.45) is 0 Å². The van der Waals surface area contributed by atoms with Crippen LogP contribution in [0.1, 0.15) is 11.4 Å². The van der Waals surface area contributed by atoms with Crippen LogP contribution < -0.4 is 10.9 Å². The number of fused-ring (bicyclic) bond motifs is 1. The minimum atomic E-state index is -0.114. The highest BCUT2D eigenvalue weighted by atomic mass is 16.3. The minimum absolute atomic E-state index is 0.106. The van der Waals surface area contributed by atoms with Crippen LogP contribution in [0.4, 0.5) is 0 Å². The molecule has 90 valence electrons. The number of benzene rings is 1. The highest BCUT2D eigenvalue weighted by molar-refractivity contribution is 5.78. The van der Waals surface area contributed by atoms with Gasteiger partial charge in [0.25, 0.3) is 5.56 Å². The highest BCUT2D eigenvalue weighted by Gasteiger charge is 2.02. The molecule has 0 saturated carbocycles. The fourth-order valence-electron chi connectivity index (χ4n) is 1.72. The Hall–Kier alpha value is -1.72. The lowest BCUT2D eigenvalue weighted by Crippen LogP contribution is -2.18. The van der Waals surface area contributed by atoms with Gasteiger partial charge in [0, 0.05) is 13.1 Å². The minimum Gasteiger partial charge on any atom is -0.395 e. The number of nitrogens with one attached hydrogen (secondary N) is 2. The molecule has 0 aliphatic rings. The molecule has 0 bridgehead atoms. The van der Waals surface area contributed by atoms with Crippen molar-refractivity contribution in [1.82, 2.24) is 15.3 Å². The Balaban J connectivity index is 2.33. The second kappa shape index (κ2) is 5.07. The maximum atomic E-state index is 11.7. The van der Waals surface area contributed by atoms with Crippen molar-refractivity contribution < 1.29 is 5.11 Å². The smallest absolute Gasteiger partial charge is 0.258 e. The number of rotatable bonds is 4. The Morgan fingerprint density at radius 2 is 2.29 bits per heavy atom. The zero-order chi connectivity index (χ0) is 12.3. The van der Waals surface area contributed by atoms with E-state index in [1.54, 1.807) is 6.92 Å². The predicted molar refractivity (Wildman–Crippen MR) is 65.9 cm³/mol. The van der Waals surface area contributed by atoms with E-state index in [0.29, 0.717) is 29.8 Å². The molecular formula is C12H15N3O2. The molecule has 3 N–H and O–H groups in total. The quantitative estimate of drug-likeness (QED) is 0.664. The van der Waals surface area contributed by atoms with Gasteiger partial charge >= 0.3 is 0 Å². The van der Waals surface area contributed by atoms with E-state index in [2.05, 4.69) is 15.3 Å². The van der Waals surface area contributed by atoms with Crippen molar-refractivity contribution >= 4 is 10.9 Å². The molecule has 0 amide bonds. The number of aliphatic hydroxyl groups is 1. The molecule has 0 radical (unpaired) electrons. The summed E-state index contributed by atoms with van der Waals surface area (Å²) >= 11 is 0. The van der Waals surface area contributed by atoms with Crippen molar-refractivity contribution in [2.75, 3.05) is 13.2 Å². The normalized spacial score (nSPS) is 10.9. The summed E-state index contributed by atoms with van der Waals surface area (Å²) < 4.78 is 0. The van der Waals surface area contributed by atoms with Crippen LogP contribution in [-0.2, 0) is 6.54 Å². The number of aromatic amines is 1. The summed E-state index contributed by atoms with van der Waals surface area (Å²) in [5.41, 5.74) is 1.59. The van der Waals surface area contributed by atoms with E-state index in [1.807, 2.05) is 18.2 Å². The van der Waals surface area contributed by atoms with Crippen LogP contribution >= 0.6 is 0 Å². The molecule has 0 aliphatic heterocycles. The van der Waals surface area contributed by atoms with Crippen LogP contribution in [0.25, 0.3) is 10.9 Å². The van der Waals surface area contributed by atoms with Crippen molar-refractivity contribution in [3.8, 4) is 0 Å². The molecule has 2 aromatic rings. The summed E-state index contributed by atoms with van der Waals surface area (Å²) in [7, 11) is 0. The van der Waals surface area contributed by atoms with Gasteiger partial charge in [-0.2, -0.15) is 0 Å². The molecule has 0 saturated heterocycles. The third kappa shape index (κ3) is 2.69. The van der Waals surface area contributed by atoms with E-state index in [-0.39, 0.29) is 12.2 Å². The molecular weight excluding hydrogens is 218 g/mol. The van der Waals surface area contributed by atoms with Crippen molar-refractivity contribution in [3.05, 3.63) is 39.9 Å². The number of H-pyrrole nitrogens is 1. The maximum Gasteiger partial charge on any atom is 0.258 e. The summed E-state index contributed by atoms with van der Waals surface area (Å²) in [6.45, 7) is 3.04. The van der Waals surface area contributed by atoms with Gasteiger partial charge in [0.15, 0.2) is 0 Å². The van der Waals surface area contributed by atoms with Crippen LogP contribution in [0.2, 0.25) is 0 Å². The molecule has 2 rings (SSSR count). The molecule has 0 atom stereocenters. The van der Waals surface area contributed by atoms with Gasteiger partial charge < -0.3 is 15.4 Å². The zero-order valence-corrected chi connectivity index (χ0v) is 9.66. The van der Waals surface area contributed by atoms with E-state index in [9.17, 15) is 4.79 Å². The van der Waals surface area contributed by atoms with Gasteiger partial charge in [0.1, 0.15) is 5.82 Å². The summed E-state index contributed by atoms with van der Waals surface area (Å²) in [6, 6.07) is 5.59. The zero-order valence-electron chi connectivity index (χ0n) is 9.66. The first-order chi connectivity index (χ1) is 8.20. The Morgan fingerprint density at radius 1 is 1.47 bits per heavy atom. The van der Waals surface area contributed by atoms with Crippen LogP contribution in [-0.4, -0.2) is 28.2 Å². The lowest BCUT2D eigenvalue weighted by Gasteiger charge is -2.04. The number of nitrogens with zero attached hydrogens (tertiary/aromatic N) is 1. The number of hydrogen-bond donors (Lipinski definition) is 3.